The zero-order chi connectivity index (χ0) is 24.9. The van der Waals surface area contributed by atoms with E-state index in [4.69, 9.17) is 16.3 Å². The Bertz CT molecular complexity index is 1340. The molecule has 182 valence electrons. The van der Waals surface area contributed by atoms with Crippen LogP contribution in [-0.2, 0) is 16.1 Å². The highest BCUT2D eigenvalue weighted by Crippen LogP contribution is 2.19. The molecular weight excluding hydrogens is 474 g/mol. The molecule has 1 fully saturated rings. The molecule has 10 nitrogen and oxygen atoms in total. The van der Waals surface area contributed by atoms with Gasteiger partial charge in [0.25, 0.3) is 11.5 Å². The average molecular weight is 498 g/mol. The number of ether oxygens (including phenoxy) is 1. The van der Waals surface area contributed by atoms with E-state index in [0.717, 1.165) is 9.25 Å². The minimum absolute atomic E-state index is 0.0899. The lowest BCUT2D eigenvalue weighted by atomic mass is 9.98. The summed E-state index contributed by atoms with van der Waals surface area (Å²) < 4.78 is 7.07. The zero-order valence-electron chi connectivity index (χ0n) is 19.1. The summed E-state index contributed by atoms with van der Waals surface area (Å²) in [6.45, 7) is 2.35. The monoisotopic (exact) mass is 497 g/mol. The summed E-state index contributed by atoms with van der Waals surface area (Å²) in [6, 6.07) is 9.72. The minimum atomic E-state index is -0.813. The molecule has 35 heavy (non-hydrogen) atoms. The van der Waals surface area contributed by atoms with Crippen LogP contribution in [-0.4, -0.2) is 55.8 Å². The highest BCUT2D eigenvalue weighted by molar-refractivity contribution is 6.30. The number of amides is 1. The Morgan fingerprint density at radius 3 is 2.63 bits per heavy atom. The summed E-state index contributed by atoms with van der Waals surface area (Å²) >= 11 is 5.98. The van der Waals surface area contributed by atoms with Crippen LogP contribution in [0.1, 0.15) is 35.8 Å². The lowest BCUT2D eigenvalue weighted by Gasteiger charge is -2.31. The van der Waals surface area contributed by atoms with Crippen molar-refractivity contribution in [2.24, 2.45) is 5.92 Å². The van der Waals surface area contributed by atoms with Gasteiger partial charge in [-0.05, 0) is 55.7 Å². The first-order chi connectivity index (χ1) is 16.9. The number of hydrogen-bond donors (Lipinski definition) is 0. The van der Waals surface area contributed by atoms with Crippen molar-refractivity contribution in [1.82, 2.24) is 24.2 Å². The molecule has 0 bridgehead atoms. The standard InChI is InChI=1S/C24H24ClN5O5/c1-2-35-23(33)17-6-4-12-28(15-17)21(31)20-22(32)29(14-16-5-3-11-26-13-16)24(34)30(27-20)19-9-7-18(25)8-10-19/h3,5,7-11,13,17H,2,4,6,12,14-15H2,1H3. The topological polar surface area (TPSA) is 116 Å². The number of esters is 1. The second-order valence-electron chi connectivity index (χ2n) is 8.11. The van der Waals surface area contributed by atoms with Gasteiger partial charge in [0, 0.05) is 30.5 Å². The van der Waals surface area contributed by atoms with Crippen LogP contribution in [0.2, 0.25) is 5.02 Å². The predicted molar refractivity (Wildman–Crippen MR) is 128 cm³/mol. The van der Waals surface area contributed by atoms with Gasteiger partial charge in [0.2, 0.25) is 5.69 Å². The predicted octanol–water partition coefficient (Wildman–Crippen LogP) is 1.91. The Kier molecular flexibility index (Phi) is 7.40. The molecule has 1 atom stereocenters. The molecule has 3 aromatic rings. The van der Waals surface area contributed by atoms with E-state index >= 15 is 0 Å². The summed E-state index contributed by atoms with van der Waals surface area (Å²) in [5.41, 5.74) is -0.975. The SMILES string of the molecule is CCOC(=O)C1CCCN(C(=O)c2nn(-c3ccc(Cl)cc3)c(=O)n(Cc3cccnc3)c2=O)C1. The van der Waals surface area contributed by atoms with Gasteiger partial charge in [-0.15, -0.1) is 0 Å². The third-order valence-corrected chi connectivity index (χ3v) is 5.98. The molecule has 0 aliphatic carbocycles. The molecule has 11 heteroatoms. The summed E-state index contributed by atoms with van der Waals surface area (Å²) in [5.74, 6) is -1.50. The Balaban J connectivity index is 1.77. The van der Waals surface area contributed by atoms with Crippen LogP contribution < -0.4 is 11.2 Å². The molecule has 4 rings (SSSR count). The molecular formula is C24H24ClN5O5. The summed E-state index contributed by atoms with van der Waals surface area (Å²) in [5, 5.41) is 4.62. The number of rotatable bonds is 6. The van der Waals surface area contributed by atoms with Crippen LogP contribution in [0, 0.1) is 5.92 Å². The maximum Gasteiger partial charge on any atom is 0.352 e. The summed E-state index contributed by atoms with van der Waals surface area (Å²) in [7, 11) is 0. The van der Waals surface area contributed by atoms with Crippen molar-refractivity contribution >= 4 is 23.5 Å². The van der Waals surface area contributed by atoms with Crippen molar-refractivity contribution in [3.63, 3.8) is 0 Å². The van der Waals surface area contributed by atoms with Crippen LogP contribution in [0.5, 0.6) is 0 Å². The molecule has 0 N–H and O–H groups in total. The highest BCUT2D eigenvalue weighted by atomic mass is 35.5. The van der Waals surface area contributed by atoms with Crippen molar-refractivity contribution in [3.05, 3.63) is 85.9 Å². The first-order valence-corrected chi connectivity index (χ1v) is 11.6. The third kappa shape index (κ3) is 5.32. The maximum absolute atomic E-state index is 13.4. The molecule has 3 heterocycles. The van der Waals surface area contributed by atoms with E-state index in [2.05, 4.69) is 10.1 Å². The van der Waals surface area contributed by atoms with Crippen molar-refractivity contribution in [1.29, 1.82) is 0 Å². The van der Waals surface area contributed by atoms with E-state index in [-0.39, 0.29) is 25.7 Å². The zero-order valence-corrected chi connectivity index (χ0v) is 19.8. The first kappa shape index (κ1) is 24.3. The van der Waals surface area contributed by atoms with Crippen LogP contribution in [0.25, 0.3) is 5.69 Å². The number of piperidine rings is 1. The molecule has 1 aliphatic heterocycles. The van der Waals surface area contributed by atoms with Crippen molar-refractivity contribution < 1.29 is 14.3 Å². The Labute approximate surface area is 205 Å². The van der Waals surface area contributed by atoms with Gasteiger partial charge >= 0.3 is 11.7 Å². The molecule has 0 radical (unpaired) electrons. The third-order valence-electron chi connectivity index (χ3n) is 5.73. The second-order valence-corrected chi connectivity index (χ2v) is 8.55. The van der Waals surface area contributed by atoms with Crippen LogP contribution in [0.3, 0.4) is 0 Å². The van der Waals surface area contributed by atoms with Gasteiger partial charge in [-0.2, -0.15) is 9.78 Å². The normalized spacial score (nSPS) is 15.6. The lowest BCUT2D eigenvalue weighted by Crippen LogP contribution is -2.49. The fraction of sp³-hybridized carbons (Fsp3) is 0.333. The molecule has 1 unspecified atom stereocenters. The van der Waals surface area contributed by atoms with Crippen molar-refractivity contribution in [2.75, 3.05) is 19.7 Å². The summed E-state index contributed by atoms with van der Waals surface area (Å²) in [4.78, 5) is 57.7. The fourth-order valence-electron chi connectivity index (χ4n) is 3.98. The average Bonchev–Trinajstić information content (AvgIpc) is 2.88. The molecule has 1 amide bonds. The van der Waals surface area contributed by atoms with Gasteiger partial charge < -0.3 is 9.64 Å². The van der Waals surface area contributed by atoms with Gasteiger partial charge in [0.05, 0.1) is 24.8 Å². The number of likely N-dealkylation sites (tertiary alicyclic amines) is 1. The fourth-order valence-corrected chi connectivity index (χ4v) is 4.10. The molecule has 1 aliphatic rings. The number of carbonyl (C=O) groups is 2. The lowest BCUT2D eigenvalue weighted by molar-refractivity contribution is -0.149. The maximum atomic E-state index is 13.4. The number of aromatic nitrogens is 4. The van der Waals surface area contributed by atoms with E-state index in [1.165, 1.54) is 11.1 Å². The number of hydrogen-bond acceptors (Lipinski definition) is 7. The second kappa shape index (κ2) is 10.6. The van der Waals surface area contributed by atoms with Crippen molar-refractivity contribution in [3.8, 4) is 5.69 Å². The minimum Gasteiger partial charge on any atom is -0.466 e. The van der Waals surface area contributed by atoms with Crippen molar-refractivity contribution in [2.45, 2.75) is 26.3 Å². The largest absolute Gasteiger partial charge is 0.466 e. The van der Waals surface area contributed by atoms with E-state index in [1.807, 2.05) is 0 Å². The molecule has 1 saturated heterocycles. The number of nitrogens with zero attached hydrogens (tertiary/aromatic N) is 5. The van der Waals surface area contributed by atoms with Gasteiger partial charge in [-0.3, -0.25) is 23.9 Å². The molecule has 0 saturated carbocycles. The summed E-state index contributed by atoms with van der Waals surface area (Å²) in [6.07, 6.45) is 4.28. The molecule has 0 spiro atoms. The highest BCUT2D eigenvalue weighted by Gasteiger charge is 2.32. The molecule has 1 aromatic carbocycles. The molecule has 2 aromatic heterocycles. The van der Waals surface area contributed by atoms with E-state index < -0.39 is 28.8 Å². The van der Waals surface area contributed by atoms with Crippen LogP contribution in [0.15, 0.2) is 58.4 Å². The number of halogens is 1. The Hall–Kier alpha value is -3.79. The Morgan fingerprint density at radius 1 is 1.17 bits per heavy atom. The van der Waals surface area contributed by atoms with Crippen LogP contribution in [0.4, 0.5) is 0 Å². The number of benzene rings is 1. The van der Waals surface area contributed by atoms with Gasteiger partial charge in [0.1, 0.15) is 0 Å². The van der Waals surface area contributed by atoms with E-state index in [0.29, 0.717) is 35.7 Å². The van der Waals surface area contributed by atoms with E-state index in [1.54, 1.807) is 49.5 Å². The Morgan fingerprint density at radius 2 is 1.94 bits per heavy atom. The quantitative estimate of drug-likeness (QED) is 0.477. The van der Waals surface area contributed by atoms with Crippen LogP contribution >= 0.6 is 11.6 Å². The number of pyridine rings is 1. The van der Waals surface area contributed by atoms with Gasteiger partial charge in [-0.25, -0.2) is 4.79 Å². The smallest absolute Gasteiger partial charge is 0.352 e. The number of carbonyl (C=O) groups excluding carboxylic acids is 2. The van der Waals surface area contributed by atoms with Gasteiger partial charge in [0.15, 0.2) is 0 Å². The first-order valence-electron chi connectivity index (χ1n) is 11.2. The van der Waals surface area contributed by atoms with Gasteiger partial charge in [-0.1, -0.05) is 17.7 Å². The van der Waals surface area contributed by atoms with E-state index in [9.17, 15) is 19.2 Å².